The summed E-state index contributed by atoms with van der Waals surface area (Å²) in [5, 5.41) is 3.89. The standard InChI is InChI=1S/C6H7N3/c1-5-4-9(3)8-6(5)7-2/h4H,1,3H3. The number of aromatic nitrogens is 2. The average molecular weight is 121 g/mol. The second kappa shape index (κ2) is 1.90. The Morgan fingerprint density at radius 2 is 2.44 bits per heavy atom. The third-order valence-corrected chi connectivity index (χ3v) is 1.09. The van der Waals surface area contributed by atoms with Gasteiger partial charge in [-0.15, -0.1) is 0 Å². The zero-order valence-electron chi connectivity index (χ0n) is 5.42. The van der Waals surface area contributed by atoms with E-state index < -0.39 is 0 Å². The minimum absolute atomic E-state index is 0.498. The van der Waals surface area contributed by atoms with Crippen LogP contribution in [0.2, 0.25) is 0 Å². The summed E-state index contributed by atoms with van der Waals surface area (Å²) in [6.45, 7) is 8.52. The normalized spacial score (nSPS) is 9.00. The van der Waals surface area contributed by atoms with Crippen LogP contribution in [0.1, 0.15) is 5.56 Å². The van der Waals surface area contributed by atoms with Gasteiger partial charge < -0.3 is 4.85 Å². The molecule has 0 aromatic carbocycles. The van der Waals surface area contributed by atoms with Crippen molar-refractivity contribution in [3.05, 3.63) is 23.2 Å². The Balaban J connectivity index is 3.20. The maximum atomic E-state index is 6.65. The maximum Gasteiger partial charge on any atom is 0.298 e. The van der Waals surface area contributed by atoms with E-state index in [0.717, 1.165) is 5.56 Å². The molecule has 0 N–H and O–H groups in total. The van der Waals surface area contributed by atoms with Crippen molar-refractivity contribution >= 4 is 5.82 Å². The summed E-state index contributed by atoms with van der Waals surface area (Å²) in [5.41, 5.74) is 0.938. The molecular weight excluding hydrogens is 114 g/mol. The van der Waals surface area contributed by atoms with E-state index >= 15 is 0 Å². The predicted molar refractivity (Wildman–Crippen MR) is 34.2 cm³/mol. The second-order valence-electron chi connectivity index (χ2n) is 1.92. The molecule has 3 heteroatoms. The molecule has 0 saturated carbocycles. The molecule has 0 unspecified atom stereocenters. The summed E-state index contributed by atoms with van der Waals surface area (Å²) in [5.74, 6) is 0.498. The lowest BCUT2D eigenvalue weighted by Gasteiger charge is -1.76. The molecule has 0 radical (unpaired) electrons. The van der Waals surface area contributed by atoms with Crippen LogP contribution in [0.4, 0.5) is 5.82 Å². The molecule has 0 bridgehead atoms. The van der Waals surface area contributed by atoms with Gasteiger partial charge in [0.1, 0.15) is 0 Å². The number of aryl methyl sites for hydroxylation is 2. The fourth-order valence-corrected chi connectivity index (χ4v) is 0.706. The molecule has 0 saturated heterocycles. The quantitative estimate of drug-likeness (QED) is 0.474. The highest BCUT2D eigenvalue weighted by molar-refractivity contribution is 5.42. The van der Waals surface area contributed by atoms with Crippen molar-refractivity contribution in [3.8, 4) is 0 Å². The topological polar surface area (TPSA) is 22.2 Å². The van der Waals surface area contributed by atoms with Crippen molar-refractivity contribution in [1.82, 2.24) is 9.78 Å². The Bertz CT molecular complexity index is 254. The Hall–Kier alpha value is -1.30. The first kappa shape index (κ1) is 5.83. The van der Waals surface area contributed by atoms with Gasteiger partial charge >= 0.3 is 0 Å². The number of hydrogen-bond donors (Lipinski definition) is 0. The Kier molecular flexibility index (Phi) is 1.23. The molecule has 0 spiro atoms. The van der Waals surface area contributed by atoms with Crippen LogP contribution >= 0.6 is 0 Å². The van der Waals surface area contributed by atoms with Crippen LogP contribution in [0.25, 0.3) is 4.85 Å². The summed E-state index contributed by atoms with van der Waals surface area (Å²) in [4.78, 5) is 3.21. The molecule has 1 rings (SSSR count). The molecule has 0 aliphatic rings. The molecule has 1 aromatic heterocycles. The first-order valence-electron chi connectivity index (χ1n) is 2.61. The van der Waals surface area contributed by atoms with Crippen LogP contribution in [0.3, 0.4) is 0 Å². The fourth-order valence-electron chi connectivity index (χ4n) is 0.706. The van der Waals surface area contributed by atoms with E-state index in [1.807, 2.05) is 20.2 Å². The van der Waals surface area contributed by atoms with Gasteiger partial charge in [-0.05, 0) is 17.6 Å². The van der Waals surface area contributed by atoms with Gasteiger partial charge in [0.05, 0.1) is 0 Å². The fraction of sp³-hybridized carbons (Fsp3) is 0.333. The van der Waals surface area contributed by atoms with Crippen LogP contribution in [0, 0.1) is 13.5 Å². The molecule has 3 nitrogen and oxygen atoms in total. The average Bonchev–Trinajstić information content (AvgIpc) is 2.10. The molecule has 46 valence electrons. The van der Waals surface area contributed by atoms with E-state index in [1.165, 1.54) is 0 Å². The van der Waals surface area contributed by atoms with Crippen LogP contribution in [0.5, 0.6) is 0 Å². The van der Waals surface area contributed by atoms with Gasteiger partial charge in [-0.1, -0.05) is 6.57 Å². The molecule has 0 aliphatic carbocycles. The monoisotopic (exact) mass is 121 g/mol. The highest BCUT2D eigenvalue weighted by Gasteiger charge is 2.00. The van der Waals surface area contributed by atoms with Gasteiger partial charge in [0, 0.05) is 13.2 Å². The molecule has 0 amide bonds. The Labute approximate surface area is 53.7 Å². The lowest BCUT2D eigenvalue weighted by Crippen LogP contribution is -1.84. The van der Waals surface area contributed by atoms with E-state index in [2.05, 4.69) is 9.94 Å². The molecule has 0 atom stereocenters. The molecule has 9 heavy (non-hydrogen) atoms. The first-order valence-corrected chi connectivity index (χ1v) is 2.61. The third-order valence-electron chi connectivity index (χ3n) is 1.09. The lowest BCUT2D eigenvalue weighted by atomic mass is 10.4. The van der Waals surface area contributed by atoms with E-state index in [-0.39, 0.29) is 0 Å². The van der Waals surface area contributed by atoms with Crippen molar-refractivity contribution in [3.63, 3.8) is 0 Å². The number of nitrogens with zero attached hydrogens (tertiary/aromatic N) is 3. The Morgan fingerprint density at radius 1 is 1.78 bits per heavy atom. The SMILES string of the molecule is [C-]#[N+]c1nn(C)cc1C. The van der Waals surface area contributed by atoms with Gasteiger partial charge in [-0.2, -0.15) is 0 Å². The van der Waals surface area contributed by atoms with Crippen molar-refractivity contribution in [1.29, 1.82) is 0 Å². The highest BCUT2D eigenvalue weighted by Crippen LogP contribution is 2.12. The molecule has 1 aromatic rings. The van der Waals surface area contributed by atoms with E-state index in [4.69, 9.17) is 6.57 Å². The smallest absolute Gasteiger partial charge is 0.298 e. The van der Waals surface area contributed by atoms with Gasteiger partial charge in [0.25, 0.3) is 5.82 Å². The summed E-state index contributed by atoms with van der Waals surface area (Å²) >= 11 is 0. The first-order chi connectivity index (χ1) is 4.24. The zero-order chi connectivity index (χ0) is 6.85. The predicted octanol–water partition coefficient (Wildman–Crippen LogP) is 1.28. The Morgan fingerprint density at radius 3 is 2.67 bits per heavy atom. The summed E-state index contributed by atoms with van der Waals surface area (Å²) in [6, 6.07) is 0. The van der Waals surface area contributed by atoms with Crippen LogP contribution in [0.15, 0.2) is 6.20 Å². The van der Waals surface area contributed by atoms with Crippen LogP contribution < -0.4 is 0 Å². The van der Waals surface area contributed by atoms with Gasteiger partial charge in [-0.3, -0.25) is 0 Å². The zero-order valence-corrected chi connectivity index (χ0v) is 5.42. The van der Waals surface area contributed by atoms with Crippen molar-refractivity contribution in [2.75, 3.05) is 0 Å². The van der Waals surface area contributed by atoms with E-state index in [0.29, 0.717) is 5.82 Å². The van der Waals surface area contributed by atoms with E-state index in [9.17, 15) is 0 Å². The van der Waals surface area contributed by atoms with Crippen molar-refractivity contribution in [2.24, 2.45) is 7.05 Å². The molecule has 0 aliphatic heterocycles. The number of rotatable bonds is 0. The second-order valence-corrected chi connectivity index (χ2v) is 1.92. The maximum absolute atomic E-state index is 6.65. The van der Waals surface area contributed by atoms with Crippen LogP contribution in [-0.2, 0) is 7.05 Å². The van der Waals surface area contributed by atoms with Crippen molar-refractivity contribution < 1.29 is 0 Å². The van der Waals surface area contributed by atoms with Crippen molar-refractivity contribution in [2.45, 2.75) is 6.92 Å². The minimum atomic E-state index is 0.498. The van der Waals surface area contributed by atoms with Crippen LogP contribution in [-0.4, -0.2) is 9.78 Å². The number of hydrogen-bond acceptors (Lipinski definition) is 1. The van der Waals surface area contributed by atoms with E-state index in [1.54, 1.807) is 4.68 Å². The molecule has 0 fully saturated rings. The summed E-state index contributed by atoms with van der Waals surface area (Å²) < 4.78 is 1.64. The third kappa shape index (κ3) is 0.918. The summed E-state index contributed by atoms with van der Waals surface area (Å²) in [6.07, 6.45) is 1.83. The van der Waals surface area contributed by atoms with Gasteiger partial charge in [-0.25, -0.2) is 4.68 Å². The molecular formula is C6H7N3. The minimum Gasteiger partial charge on any atom is -0.359 e. The van der Waals surface area contributed by atoms with Gasteiger partial charge in [0.2, 0.25) is 0 Å². The summed E-state index contributed by atoms with van der Waals surface area (Å²) in [7, 11) is 1.81. The highest BCUT2D eigenvalue weighted by atomic mass is 15.3. The van der Waals surface area contributed by atoms with Gasteiger partial charge in [0.15, 0.2) is 0 Å². The lowest BCUT2D eigenvalue weighted by molar-refractivity contribution is 0.773. The largest absolute Gasteiger partial charge is 0.359 e. The molecule has 1 heterocycles.